The number of likely N-dealkylation sites (tertiary alicyclic amines) is 1. The zero-order chi connectivity index (χ0) is 14.8. The minimum atomic E-state index is 0.107. The molecular formula is C16H21N3OS. The molecule has 2 N–H and O–H groups in total. The van der Waals surface area contributed by atoms with E-state index in [2.05, 4.69) is 24.4 Å². The van der Waals surface area contributed by atoms with Gasteiger partial charge < -0.3 is 15.2 Å². The molecule has 1 aliphatic rings. The summed E-state index contributed by atoms with van der Waals surface area (Å²) in [7, 11) is 0. The van der Waals surface area contributed by atoms with Gasteiger partial charge in [-0.3, -0.25) is 4.79 Å². The average Bonchev–Trinajstić information content (AvgIpc) is 3.17. The van der Waals surface area contributed by atoms with Crippen LogP contribution in [0.5, 0.6) is 0 Å². The molecular weight excluding hydrogens is 282 g/mol. The number of thiophene rings is 1. The smallest absolute Gasteiger partial charge is 0.271 e. The lowest BCUT2D eigenvalue weighted by Crippen LogP contribution is -2.31. The first-order chi connectivity index (χ1) is 10.2. The van der Waals surface area contributed by atoms with E-state index >= 15 is 0 Å². The van der Waals surface area contributed by atoms with Gasteiger partial charge in [-0.1, -0.05) is 13.0 Å². The molecule has 1 atom stereocenters. The molecule has 1 fully saturated rings. The second-order valence-corrected chi connectivity index (χ2v) is 6.50. The van der Waals surface area contributed by atoms with Crippen molar-refractivity contribution in [2.75, 3.05) is 12.3 Å². The molecule has 0 spiro atoms. The van der Waals surface area contributed by atoms with Gasteiger partial charge in [0.05, 0.1) is 11.7 Å². The van der Waals surface area contributed by atoms with Crippen LogP contribution in [0, 0.1) is 0 Å². The Morgan fingerprint density at radius 1 is 1.52 bits per heavy atom. The number of aromatic nitrogens is 1. The Kier molecular flexibility index (Phi) is 4.01. The van der Waals surface area contributed by atoms with Gasteiger partial charge in [-0.05, 0) is 36.8 Å². The number of nitrogens with zero attached hydrogens (tertiary/aromatic N) is 2. The van der Waals surface area contributed by atoms with Crippen molar-refractivity contribution >= 4 is 22.9 Å². The number of aryl methyl sites for hydroxylation is 1. The van der Waals surface area contributed by atoms with Gasteiger partial charge in [0.15, 0.2) is 0 Å². The number of hydrogen-bond donors (Lipinski definition) is 1. The summed E-state index contributed by atoms with van der Waals surface area (Å²) in [5.41, 5.74) is 7.27. The van der Waals surface area contributed by atoms with Crippen LogP contribution in [0.25, 0.3) is 0 Å². The van der Waals surface area contributed by atoms with Crippen molar-refractivity contribution in [3.05, 3.63) is 40.3 Å². The summed E-state index contributed by atoms with van der Waals surface area (Å²) in [6.45, 7) is 3.77. The zero-order valence-corrected chi connectivity index (χ0v) is 13.1. The molecule has 0 aromatic carbocycles. The van der Waals surface area contributed by atoms with E-state index in [1.807, 2.05) is 21.7 Å². The Morgan fingerprint density at radius 2 is 2.38 bits per heavy atom. The minimum absolute atomic E-state index is 0.107. The number of nitrogen functional groups attached to an aromatic ring is 1. The zero-order valence-electron chi connectivity index (χ0n) is 12.3. The van der Waals surface area contributed by atoms with Crippen LogP contribution in [0.4, 0.5) is 5.69 Å². The van der Waals surface area contributed by atoms with E-state index in [0.29, 0.717) is 5.69 Å². The van der Waals surface area contributed by atoms with Crippen molar-refractivity contribution in [1.82, 2.24) is 9.47 Å². The molecule has 3 rings (SSSR count). The quantitative estimate of drug-likeness (QED) is 0.939. The predicted molar refractivity (Wildman–Crippen MR) is 86.5 cm³/mol. The average molecular weight is 303 g/mol. The van der Waals surface area contributed by atoms with Crippen molar-refractivity contribution in [3.63, 3.8) is 0 Å². The van der Waals surface area contributed by atoms with E-state index < -0.39 is 0 Å². The molecule has 1 amide bonds. The fraction of sp³-hybridized carbons (Fsp3) is 0.438. The second kappa shape index (κ2) is 5.93. The van der Waals surface area contributed by atoms with Gasteiger partial charge in [-0.25, -0.2) is 0 Å². The standard InChI is InChI=1S/C16H21N3OS/c1-2-7-18-11-12(17)10-14(18)16(20)19-8-3-5-13(19)15-6-4-9-21-15/h4,6,9-11,13H,2-3,5,7-8,17H2,1H3. The molecule has 112 valence electrons. The maximum atomic E-state index is 12.9. The van der Waals surface area contributed by atoms with Crippen LogP contribution in [0.15, 0.2) is 29.8 Å². The number of rotatable bonds is 4. The molecule has 4 nitrogen and oxygen atoms in total. The van der Waals surface area contributed by atoms with E-state index in [1.54, 1.807) is 11.3 Å². The molecule has 1 saturated heterocycles. The van der Waals surface area contributed by atoms with E-state index in [-0.39, 0.29) is 11.9 Å². The molecule has 0 radical (unpaired) electrons. The van der Waals surface area contributed by atoms with Crippen molar-refractivity contribution in [3.8, 4) is 0 Å². The predicted octanol–water partition coefficient (Wildman–Crippen LogP) is 3.52. The first-order valence-corrected chi connectivity index (χ1v) is 8.38. The highest BCUT2D eigenvalue weighted by Crippen LogP contribution is 2.35. The Balaban J connectivity index is 1.87. The van der Waals surface area contributed by atoms with Gasteiger partial charge in [0.25, 0.3) is 5.91 Å². The molecule has 2 aromatic heterocycles. The Bertz CT molecular complexity index is 618. The van der Waals surface area contributed by atoms with Crippen LogP contribution in [0.3, 0.4) is 0 Å². The van der Waals surface area contributed by atoms with Crippen molar-refractivity contribution in [1.29, 1.82) is 0 Å². The van der Waals surface area contributed by atoms with Crippen LogP contribution < -0.4 is 5.73 Å². The summed E-state index contributed by atoms with van der Waals surface area (Å²) < 4.78 is 1.99. The topological polar surface area (TPSA) is 51.3 Å². The maximum absolute atomic E-state index is 12.9. The summed E-state index contributed by atoms with van der Waals surface area (Å²) in [5.74, 6) is 0.107. The highest BCUT2D eigenvalue weighted by atomic mass is 32.1. The molecule has 3 heterocycles. The lowest BCUT2D eigenvalue weighted by Gasteiger charge is -2.24. The lowest BCUT2D eigenvalue weighted by molar-refractivity contribution is 0.0726. The van der Waals surface area contributed by atoms with Crippen LogP contribution in [0.2, 0.25) is 0 Å². The number of carbonyl (C=O) groups is 1. The monoisotopic (exact) mass is 303 g/mol. The molecule has 1 unspecified atom stereocenters. The van der Waals surface area contributed by atoms with Crippen molar-refractivity contribution in [2.45, 2.75) is 38.8 Å². The summed E-state index contributed by atoms with van der Waals surface area (Å²) in [5, 5.41) is 2.08. The second-order valence-electron chi connectivity index (χ2n) is 5.52. The number of anilines is 1. The van der Waals surface area contributed by atoms with Crippen LogP contribution in [0.1, 0.15) is 47.6 Å². The third-order valence-electron chi connectivity index (χ3n) is 3.99. The van der Waals surface area contributed by atoms with Crippen molar-refractivity contribution < 1.29 is 4.79 Å². The summed E-state index contributed by atoms with van der Waals surface area (Å²) in [4.78, 5) is 16.2. The van der Waals surface area contributed by atoms with Crippen LogP contribution in [-0.2, 0) is 6.54 Å². The van der Waals surface area contributed by atoms with E-state index in [1.165, 1.54) is 4.88 Å². The first kappa shape index (κ1) is 14.2. The molecule has 1 aliphatic heterocycles. The highest BCUT2D eigenvalue weighted by Gasteiger charge is 2.32. The minimum Gasteiger partial charge on any atom is -0.397 e. The van der Waals surface area contributed by atoms with Gasteiger partial charge in [-0.2, -0.15) is 0 Å². The maximum Gasteiger partial charge on any atom is 0.271 e. The van der Waals surface area contributed by atoms with Crippen molar-refractivity contribution in [2.24, 2.45) is 0 Å². The van der Waals surface area contributed by atoms with Gasteiger partial charge in [-0.15, -0.1) is 11.3 Å². The SMILES string of the molecule is CCCn1cc(N)cc1C(=O)N1CCCC1c1cccs1. The third kappa shape index (κ3) is 2.70. The fourth-order valence-electron chi connectivity index (χ4n) is 3.07. The first-order valence-electron chi connectivity index (χ1n) is 7.50. The largest absolute Gasteiger partial charge is 0.397 e. The summed E-state index contributed by atoms with van der Waals surface area (Å²) >= 11 is 1.73. The molecule has 0 aliphatic carbocycles. The molecule has 2 aromatic rings. The number of carbonyl (C=O) groups excluding carboxylic acids is 1. The van der Waals surface area contributed by atoms with Crippen LogP contribution in [-0.4, -0.2) is 21.9 Å². The fourth-order valence-corrected chi connectivity index (χ4v) is 3.95. The van der Waals surface area contributed by atoms with E-state index in [4.69, 9.17) is 5.73 Å². The summed E-state index contributed by atoms with van der Waals surface area (Å²) in [6.07, 6.45) is 4.98. The van der Waals surface area contributed by atoms with E-state index in [0.717, 1.165) is 38.0 Å². The number of amides is 1. The third-order valence-corrected chi connectivity index (χ3v) is 4.96. The lowest BCUT2D eigenvalue weighted by atomic mass is 10.2. The normalized spacial score (nSPS) is 18.3. The Labute approximate surface area is 129 Å². The molecule has 0 saturated carbocycles. The Hall–Kier alpha value is -1.75. The number of hydrogen-bond acceptors (Lipinski definition) is 3. The van der Waals surface area contributed by atoms with Gasteiger partial charge in [0.2, 0.25) is 0 Å². The van der Waals surface area contributed by atoms with Crippen LogP contribution >= 0.6 is 11.3 Å². The van der Waals surface area contributed by atoms with E-state index in [9.17, 15) is 4.79 Å². The number of nitrogens with two attached hydrogens (primary N) is 1. The summed E-state index contributed by atoms with van der Waals surface area (Å²) in [6, 6.07) is 6.21. The van der Waals surface area contributed by atoms with Gasteiger partial charge >= 0.3 is 0 Å². The van der Waals surface area contributed by atoms with Gasteiger partial charge in [0, 0.05) is 24.2 Å². The van der Waals surface area contributed by atoms with Gasteiger partial charge in [0.1, 0.15) is 5.69 Å². The highest BCUT2D eigenvalue weighted by molar-refractivity contribution is 7.10. The Morgan fingerprint density at radius 3 is 3.10 bits per heavy atom. The molecule has 5 heteroatoms. The molecule has 21 heavy (non-hydrogen) atoms. The molecule has 0 bridgehead atoms.